The number of nitrogens with one attached hydrogen (secondary N) is 2. The molecule has 0 aliphatic rings. The van der Waals surface area contributed by atoms with Crippen molar-refractivity contribution in [3.05, 3.63) is 30.0 Å². The zero-order valence-electron chi connectivity index (χ0n) is 9.58. The van der Waals surface area contributed by atoms with E-state index in [2.05, 4.69) is 27.4 Å². The van der Waals surface area contributed by atoms with Gasteiger partial charge in [0.1, 0.15) is 0 Å². The number of carbonyl (C=O) groups excluding carboxylic acids is 1. The number of aromatic nitrogens is 2. The Kier molecular flexibility index (Phi) is 3.41. The van der Waals surface area contributed by atoms with Gasteiger partial charge < -0.3 is 5.32 Å². The highest BCUT2D eigenvalue weighted by atomic mass is 16.1. The van der Waals surface area contributed by atoms with E-state index in [0.29, 0.717) is 18.5 Å². The molecule has 2 rings (SSSR count). The van der Waals surface area contributed by atoms with Crippen molar-refractivity contribution in [3.8, 4) is 11.8 Å². The van der Waals surface area contributed by atoms with Crippen LogP contribution >= 0.6 is 0 Å². The van der Waals surface area contributed by atoms with Crippen LogP contribution in [0.25, 0.3) is 10.9 Å². The van der Waals surface area contributed by atoms with Gasteiger partial charge in [0.2, 0.25) is 0 Å². The topological polar surface area (TPSA) is 57.8 Å². The maximum absolute atomic E-state index is 11.8. The minimum absolute atomic E-state index is 0.0839. The molecule has 0 saturated carbocycles. The SMILES string of the molecule is CC#CCCNC(=O)c1ccc2cn[nH]c2c1. The van der Waals surface area contributed by atoms with Crippen molar-refractivity contribution in [1.29, 1.82) is 0 Å². The average molecular weight is 227 g/mol. The summed E-state index contributed by atoms with van der Waals surface area (Å²) in [7, 11) is 0. The third-order valence-corrected chi connectivity index (χ3v) is 2.42. The second-order valence-electron chi connectivity index (χ2n) is 3.60. The summed E-state index contributed by atoms with van der Waals surface area (Å²) in [5.74, 6) is 5.60. The lowest BCUT2D eigenvalue weighted by atomic mass is 10.1. The van der Waals surface area contributed by atoms with Crippen molar-refractivity contribution in [3.63, 3.8) is 0 Å². The summed E-state index contributed by atoms with van der Waals surface area (Å²) in [4.78, 5) is 11.8. The second kappa shape index (κ2) is 5.17. The lowest BCUT2D eigenvalue weighted by molar-refractivity contribution is 0.0954. The first-order chi connectivity index (χ1) is 8.31. The summed E-state index contributed by atoms with van der Waals surface area (Å²) in [6.07, 6.45) is 2.41. The lowest BCUT2D eigenvalue weighted by Gasteiger charge is -2.02. The smallest absolute Gasteiger partial charge is 0.251 e. The van der Waals surface area contributed by atoms with Crippen LogP contribution in [0.15, 0.2) is 24.4 Å². The van der Waals surface area contributed by atoms with Crippen molar-refractivity contribution in [2.24, 2.45) is 0 Å². The van der Waals surface area contributed by atoms with E-state index in [9.17, 15) is 4.79 Å². The minimum Gasteiger partial charge on any atom is -0.351 e. The van der Waals surface area contributed by atoms with Crippen LogP contribution in [0.2, 0.25) is 0 Å². The van der Waals surface area contributed by atoms with Gasteiger partial charge in [-0.1, -0.05) is 6.07 Å². The lowest BCUT2D eigenvalue weighted by Crippen LogP contribution is -2.24. The van der Waals surface area contributed by atoms with Crippen LogP contribution in [-0.2, 0) is 0 Å². The van der Waals surface area contributed by atoms with Gasteiger partial charge in [-0.25, -0.2) is 0 Å². The average Bonchev–Trinajstić information content (AvgIpc) is 2.81. The van der Waals surface area contributed by atoms with Gasteiger partial charge in [-0.2, -0.15) is 5.10 Å². The summed E-state index contributed by atoms with van der Waals surface area (Å²) in [6, 6.07) is 5.46. The van der Waals surface area contributed by atoms with Crippen molar-refractivity contribution >= 4 is 16.8 Å². The largest absolute Gasteiger partial charge is 0.351 e. The molecular formula is C13H13N3O. The monoisotopic (exact) mass is 227 g/mol. The fourth-order valence-electron chi connectivity index (χ4n) is 1.54. The molecule has 0 bridgehead atoms. The zero-order valence-corrected chi connectivity index (χ0v) is 9.58. The highest BCUT2D eigenvalue weighted by molar-refractivity contribution is 5.97. The van der Waals surface area contributed by atoms with Crippen molar-refractivity contribution in [1.82, 2.24) is 15.5 Å². The standard InChI is InChI=1S/C13H13N3O/c1-2-3-4-7-14-13(17)10-5-6-11-9-15-16-12(11)8-10/h5-6,8-9H,4,7H2,1H3,(H,14,17)(H,15,16). The third kappa shape index (κ3) is 2.64. The molecule has 0 fully saturated rings. The number of H-pyrrole nitrogens is 1. The van der Waals surface area contributed by atoms with E-state index < -0.39 is 0 Å². The maximum Gasteiger partial charge on any atom is 0.251 e. The van der Waals surface area contributed by atoms with E-state index in [1.807, 2.05) is 6.07 Å². The third-order valence-electron chi connectivity index (χ3n) is 2.42. The number of hydrogen-bond donors (Lipinski definition) is 2. The predicted molar refractivity (Wildman–Crippen MR) is 66.5 cm³/mol. The normalized spacial score (nSPS) is 9.71. The molecule has 86 valence electrons. The highest BCUT2D eigenvalue weighted by Crippen LogP contribution is 2.12. The highest BCUT2D eigenvalue weighted by Gasteiger charge is 2.05. The van der Waals surface area contributed by atoms with Gasteiger partial charge in [-0.15, -0.1) is 11.8 Å². The minimum atomic E-state index is -0.0839. The fraction of sp³-hybridized carbons (Fsp3) is 0.231. The molecule has 2 N–H and O–H groups in total. The molecule has 1 amide bonds. The molecule has 0 radical (unpaired) electrons. The molecule has 1 aromatic heterocycles. The molecule has 0 unspecified atom stereocenters. The predicted octanol–water partition coefficient (Wildman–Crippen LogP) is 1.71. The Balaban J connectivity index is 2.04. The zero-order chi connectivity index (χ0) is 12.1. The van der Waals surface area contributed by atoms with E-state index in [1.165, 1.54) is 0 Å². The molecule has 0 spiro atoms. The molecular weight excluding hydrogens is 214 g/mol. The van der Waals surface area contributed by atoms with Gasteiger partial charge in [0, 0.05) is 23.9 Å². The van der Waals surface area contributed by atoms with Crippen molar-refractivity contribution < 1.29 is 4.79 Å². The molecule has 4 nitrogen and oxygen atoms in total. The summed E-state index contributed by atoms with van der Waals surface area (Å²) in [5, 5.41) is 10.6. The van der Waals surface area contributed by atoms with Crippen LogP contribution in [0.3, 0.4) is 0 Å². The molecule has 4 heteroatoms. The number of amides is 1. The van der Waals surface area contributed by atoms with Gasteiger partial charge in [-0.05, 0) is 19.1 Å². The second-order valence-corrected chi connectivity index (χ2v) is 3.60. The van der Waals surface area contributed by atoms with E-state index in [0.717, 1.165) is 10.9 Å². The summed E-state index contributed by atoms with van der Waals surface area (Å²) in [5.41, 5.74) is 1.50. The number of fused-ring (bicyclic) bond motifs is 1. The first kappa shape index (κ1) is 11.2. The number of carbonyl (C=O) groups is 1. The van der Waals surface area contributed by atoms with Crippen molar-refractivity contribution in [2.45, 2.75) is 13.3 Å². The number of benzene rings is 1. The summed E-state index contributed by atoms with van der Waals surface area (Å²) < 4.78 is 0. The molecule has 1 heterocycles. The van der Waals surface area contributed by atoms with Crippen LogP contribution in [0, 0.1) is 11.8 Å². The first-order valence-corrected chi connectivity index (χ1v) is 5.42. The van der Waals surface area contributed by atoms with Gasteiger partial charge in [-0.3, -0.25) is 9.89 Å². The van der Waals surface area contributed by atoms with Crippen LogP contribution in [-0.4, -0.2) is 22.6 Å². The molecule has 0 aliphatic carbocycles. The number of aromatic amines is 1. The van der Waals surface area contributed by atoms with E-state index in [1.54, 1.807) is 25.3 Å². The molecule has 2 aromatic rings. The maximum atomic E-state index is 11.8. The van der Waals surface area contributed by atoms with Gasteiger partial charge in [0.25, 0.3) is 5.91 Å². The molecule has 17 heavy (non-hydrogen) atoms. The first-order valence-electron chi connectivity index (χ1n) is 5.42. The van der Waals surface area contributed by atoms with Crippen molar-refractivity contribution in [2.75, 3.05) is 6.54 Å². The molecule has 0 atom stereocenters. The van der Waals surface area contributed by atoms with Gasteiger partial charge >= 0.3 is 0 Å². The Morgan fingerprint density at radius 3 is 3.24 bits per heavy atom. The number of nitrogens with zero attached hydrogens (tertiary/aromatic N) is 1. The van der Waals surface area contributed by atoms with Crippen LogP contribution in [0.4, 0.5) is 0 Å². The molecule has 0 aliphatic heterocycles. The quantitative estimate of drug-likeness (QED) is 0.619. The van der Waals surface area contributed by atoms with E-state index in [-0.39, 0.29) is 5.91 Å². The van der Waals surface area contributed by atoms with Gasteiger partial charge in [0.05, 0.1) is 11.7 Å². The van der Waals surface area contributed by atoms with Gasteiger partial charge in [0.15, 0.2) is 0 Å². The van der Waals surface area contributed by atoms with Crippen LogP contribution in [0.1, 0.15) is 23.7 Å². The molecule has 0 saturated heterocycles. The Hall–Kier alpha value is -2.28. The number of rotatable bonds is 3. The van der Waals surface area contributed by atoms with E-state index >= 15 is 0 Å². The fourth-order valence-corrected chi connectivity index (χ4v) is 1.54. The Morgan fingerprint density at radius 2 is 2.41 bits per heavy atom. The summed E-state index contributed by atoms with van der Waals surface area (Å²) >= 11 is 0. The van der Waals surface area contributed by atoms with Crippen LogP contribution in [0.5, 0.6) is 0 Å². The Morgan fingerprint density at radius 1 is 1.53 bits per heavy atom. The Labute approximate surface area is 99.4 Å². The molecule has 1 aromatic carbocycles. The summed E-state index contributed by atoms with van der Waals surface area (Å²) in [6.45, 7) is 2.36. The van der Waals surface area contributed by atoms with Crippen LogP contribution < -0.4 is 5.32 Å². The number of hydrogen-bond acceptors (Lipinski definition) is 2. The van der Waals surface area contributed by atoms with E-state index in [4.69, 9.17) is 0 Å². The Bertz CT molecular complexity index is 589.